The molecule has 0 spiro atoms. The van der Waals surface area contributed by atoms with E-state index in [1.54, 1.807) is 0 Å². The normalized spacial score (nSPS) is 12.2. The van der Waals surface area contributed by atoms with Gasteiger partial charge in [-0.2, -0.15) is 0 Å². The second kappa shape index (κ2) is 9.21. The number of thiol groups is 1. The molecule has 0 aliphatic carbocycles. The zero-order valence-electron chi connectivity index (χ0n) is 8.99. The van der Waals surface area contributed by atoms with Crippen LogP contribution in [0.2, 0.25) is 0 Å². The molecule has 0 aliphatic rings. The molecular weight excluding hydrogens is 281 g/mol. The van der Waals surface area contributed by atoms with E-state index < -0.39 is 6.04 Å². The van der Waals surface area contributed by atoms with Crippen molar-refractivity contribution in [2.75, 3.05) is 12.4 Å². The predicted molar refractivity (Wildman–Crippen MR) is 63.1 cm³/mol. The van der Waals surface area contributed by atoms with E-state index in [0.717, 1.165) is 12.8 Å². The zero-order valence-corrected chi connectivity index (χ0v) is 11.6. The maximum atomic E-state index is 11.4. The molecule has 0 saturated carbocycles. The fourth-order valence-corrected chi connectivity index (χ4v) is 2.27. The van der Waals surface area contributed by atoms with E-state index in [-0.39, 0.29) is 25.8 Å². The van der Waals surface area contributed by atoms with Gasteiger partial charge in [-0.1, -0.05) is 0 Å². The number of esters is 1. The van der Waals surface area contributed by atoms with E-state index in [2.05, 4.69) is 17.0 Å². The first-order valence-electron chi connectivity index (χ1n) is 4.82. The Morgan fingerprint density at radius 3 is 2.67 bits per heavy atom. The standard InChI is InChI=1S/C9H17NO3SSe/c1-3-4-5-13-9(12)8(6-14)10-15-7(2)11/h8,10,14H,3-6H2,1-2H3. The van der Waals surface area contributed by atoms with Gasteiger partial charge in [0.25, 0.3) is 0 Å². The summed E-state index contributed by atoms with van der Waals surface area (Å²) in [4.78, 5) is 22.2. The van der Waals surface area contributed by atoms with Crippen LogP contribution in [0, 0.1) is 0 Å². The van der Waals surface area contributed by atoms with Crippen LogP contribution in [0.4, 0.5) is 0 Å². The van der Waals surface area contributed by atoms with Crippen molar-refractivity contribution in [3.05, 3.63) is 0 Å². The summed E-state index contributed by atoms with van der Waals surface area (Å²) >= 11 is 3.67. The molecule has 0 amide bonds. The summed E-state index contributed by atoms with van der Waals surface area (Å²) in [5.41, 5.74) is 0. The molecule has 0 radical (unpaired) electrons. The van der Waals surface area contributed by atoms with Crippen LogP contribution >= 0.6 is 12.6 Å². The fraction of sp³-hybridized carbons (Fsp3) is 0.778. The Morgan fingerprint density at radius 2 is 2.20 bits per heavy atom. The molecule has 0 fully saturated rings. The van der Waals surface area contributed by atoms with E-state index >= 15 is 0 Å². The van der Waals surface area contributed by atoms with Crippen molar-refractivity contribution in [3.8, 4) is 0 Å². The molecule has 0 aromatic carbocycles. The summed E-state index contributed by atoms with van der Waals surface area (Å²) in [6, 6.07) is -0.464. The number of carbonyl (C=O) groups excluding carboxylic acids is 2. The molecule has 0 bridgehead atoms. The van der Waals surface area contributed by atoms with E-state index in [9.17, 15) is 9.59 Å². The second-order valence-corrected chi connectivity index (χ2v) is 5.46. The number of hydrogen-bond acceptors (Lipinski definition) is 5. The van der Waals surface area contributed by atoms with Crippen LogP contribution in [0.3, 0.4) is 0 Å². The molecule has 0 rings (SSSR count). The average molecular weight is 298 g/mol. The van der Waals surface area contributed by atoms with E-state index in [1.807, 2.05) is 6.92 Å². The quantitative estimate of drug-likeness (QED) is 0.294. The molecule has 0 aliphatic heterocycles. The number of ether oxygens (including phenoxy) is 1. The van der Waals surface area contributed by atoms with Crippen LogP contribution in [0.5, 0.6) is 0 Å². The SMILES string of the molecule is CCCCOC(=O)C(CS)N[Se]C(C)=O. The monoisotopic (exact) mass is 299 g/mol. The molecule has 0 aromatic rings. The minimum absolute atomic E-state index is 0.0515. The van der Waals surface area contributed by atoms with Crippen LogP contribution in [0.1, 0.15) is 26.7 Å². The van der Waals surface area contributed by atoms with Crippen molar-refractivity contribution in [3.63, 3.8) is 0 Å². The minimum atomic E-state index is -0.464. The van der Waals surface area contributed by atoms with Crippen molar-refractivity contribution in [1.29, 1.82) is 0 Å². The van der Waals surface area contributed by atoms with Crippen LogP contribution in [0.25, 0.3) is 0 Å². The molecular formula is C9H17NO3SSe. The molecule has 0 heterocycles. The Hall–Kier alpha value is -0.0305. The first-order chi connectivity index (χ1) is 7.11. The molecule has 0 saturated heterocycles. The summed E-state index contributed by atoms with van der Waals surface area (Å²) in [5, 5.41) is 0. The van der Waals surface area contributed by atoms with Gasteiger partial charge in [0.15, 0.2) is 0 Å². The molecule has 15 heavy (non-hydrogen) atoms. The number of unbranched alkanes of at least 4 members (excludes halogenated alkanes) is 1. The van der Waals surface area contributed by atoms with Crippen molar-refractivity contribution in [2.45, 2.75) is 32.7 Å². The Balaban J connectivity index is 3.82. The van der Waals surface area contributed by atoms with Crippen molar-refractivity contribution in [1.82, 2.24) is 4.33 Å². The van der Waals surface area contributed by atoms with Crippen LogP contribution < -0.4 is 4.33 Å². The third-order valence-electron chi connectivity index (χ3n) is 1.55. The Labute approximate surface area is 102 Å². The van der Waals surface area contributed by atoms with Gasteiger partial charge in [0.2, 0.25) is 0 Å². The number of carbonyl (C=O) groups is 2. The van der Waals surface area contributed by atoms with Gasteiger partial charge in [-0.05, 0) is 0 Å². The predicted octanol–water partition coefficient (Wildman–Crippen LogP) is 0.383. The maximum absolute atomic E-state index is 11.4. The summed E-state index contributed by atoms with van der Waals surface area (Å²) in [6.45, 7) is 3.96. The van der Waals surface area contributed by atoms with Gasteiger partial charge in [-0.15, -0.1) is 0 Å². The Bertz CT molecular complexity index is 214. The van der Waals surface area contributed by atoms with Crippen LogP contribution in [0.15, 0.2) is 0 Å². The van der Waals surface area contributed by atoms with E-state index in [0.29, 0.717) is 12.4 Å². The first kappa shape index (κ1) is 15.0. The van der Waals surface area contributed by atoms with Gasteiger partial charge in [0, 0.05) is 0 Å². The van der Waals surface area contributed by atoms with Gasteiger partial charge in [0.1, 0.15) is 0 Å². The van der Waals surface area contributed by atoms with Crippen molar-refractivity contribution < 1.29 is 14.3 Å². The van der Waals surface area contributed by atoms with Crippen LogP contribution in [-0.4, -0.2) is 44.2 Å². The molecule has 4 nitrogen and oxygen atoms in total. The van der Waals surface area contributed by atoms with Gasteiger partial charge in [-0.25, -0.2) is 0 Å². The summed E-state index contributed by atoms with van der Waals surface area (Å²) < 4.78 is 7.93. The molecule has 88 valence electrons. The second-order valence-electron chi connectivity index (χ2n) is 2.97. The Morgan fingerprint density at radius 1 is 1.53 bits per heavy atom. The molecule has 1 atom stereocenters. The van der Waals surface area contributed by atoms with Crippen molar-refractivity contribution in [2.24, 2.45) is 0 Å². The summed E-state index contributed by atoms with van der Waals surface area (Å²) in [5.74, 6) is 0.0292. The fourth-order valence-electron chi connectivity index (χ4n) is 0.732. The molecule has 1 N–H and O–H groups in total. The van der Waals surface area contributed by atoms with Crippen molar-refractivity contribution >= 4 is 38.5 Å². The number of nitrogens with one attached hydrogen (secondary N) is 1. The van der Waals surface area contributed by atoms with Gasteiger partial charge in [0.05, 0.1) is 0 Å². The number of hydrogen-bond donors (Lipinski definition) is 2. The topological polar surface area (TPSA) is 55.4 Å². The third kappa shape index (κ3) is 7.85. The Kier molecular flexibility index (Phi) is 9.20. The zero-order chi connectivity index (χ0) is 11.7. The van der Waals surface area contributed by atoms with Gasteiger partial charge >= 0.3 is 102 Å². The van der Waals surface area contributed by atoms with E-state index in [1.165, 1.54) is 6.92 Å². The first-order valence-corrected chi connectivity index (χ1v) is 7.16. The molecule has 1 unspecified atom stereocenters. The van der Waals surface area contributed by atoms with Gasteiger partial charge < -0.3 is 0 Å². The van der Waals surface area contributed by atoms with Gasteiger partial charge in [-0.3, -0.25) is 0 Å². The molecule has 6 heteroatoms. The summed E-state index contributed by atoms with van der Waals surface area (Å²) in [7, 11) is 0. The summed E-state index contributed by atoms with van der Waals surface area (Å²) in [6.07, 6.45) is 1.85. The average Bonchev–Trinajstić information content (AvgIpc) is 2.18. The number of rotatable bonds is 8. The van der Waals surface area contributed by atoms with E-state index in [4.69, 9.17) is 4.74 Å². The third-order valence-corrected chi connectivity index (χ3v) is 3.37. The molecule has 0 aromatic heterocycles. The van der Waals surface area contributed by atoms with Crippen LogP contribution in [-0.2, 0) is 14.3 Å².